The van der Waals surface area contributed by atoms with Crippen molar-refractivity contribution in [3.63, 3.8) is 0 Å². The zero-order valence-electron chi connectivity index (χ0n) is 28.5. The fraction of sp³-hybridized carbons (Fsp3) is 0.500. The predicted octanol–water partition coefficient (Wildman–Crippen LogP) is 8.13. The lowest BCUT2D eigenvalue weighted by atomic mass is 9.99. The minimum Gasteiger partial charge on any atom is -0.340 e. The summed E-state index contributed by atoms with van der Waals surface area (Å²) in [6, 6.07) is 33.2. The van der Waals surface area contributed by atoms with Gasteiger partial charge in [-0.25, -0.2) is 4.67 Å². The lowest BCUT2D eigenvalue weighted by molar-refractivity contribution is -0.132. The summed E-state index contributed by atoms with van der Waals surface area (Å²) < 4.78 is 22.3. The number of amides is 1. The van der Waals surface area contributed by atoms with Gasteiger partial charge in [0.2, 0.25) is 5.91 Å². The Bertz CT molecular complexity index is 1280. The Labute approximate surface area is 273 Å². The van der Waals surface area contributed by atoms with Crippen LogP contribution in [0.5, 0.6) is 0 Å². The summed E-state index contributed by atoms with van der Waals surface area (Å²) in [5, 5.41) is 3.80. The Morgan fingerprint density at radius 2 is 1.13 bits per heavy atom. The highest BCUT2D eigenvalue weighted by atomic mass is 31.2. The molecule has 45 heavy (non-hydrogen) atoms. The van der Waals surface area contributed by atoms with Gasteiger partial charge in [0.05, 0.1) is 17.9 Å². The Morgan fingerprint density at radius 1 is 0.689 bits per heavy atom. The summed E-state index contributed by atoms with van der Waals surface area (Å²) in [4.78, 5) is 15.1. The van der Waals surface area contributed by atoms with Gasteiger partial charge in [-0.15, -0.1) is 0 Å². The van der Waals surface area contributed by atoms with Crippen molar-refractivity contribution in [2.24, 2.45) is 5.41 Å². The Balaban J connectivity index is 1.31. The molecule has 1 aliphatic heterocycles. The van der Waals surface area contributed by atoms with Crippen LogP contribution in [0, 0.1) is 5.41 Å². The zero-order valence-corrected chi connectivity index (χ0v) is 30.2. The molecule has 0 radical (unpaired) electrons. The summed E-state index contributed by atoms with van der Waals surface area (Å²) in [6.45, 7) is 15.2. The molecular formula is C38H55N2O3P2+. The number of piperazine rings is 1. The predicted molar refractivity (Wildman–Crippen MR) is 194 cm³/mol. The van der Waals surface area contributed by atoms with Gasteiger partial charge in [-0.05, 0) is 81.8 Å². The van der Waals surface area contributed by atoms with E-state index in [1.54, 1.807) is 0 Å². The second kappa shape index (κ2) is 15.5. The third-order valence-electron chi connectivity index (χ3n) is 8.73. The van der Waals surface area contributed by atoms with Crippen LogP contribution in [-0.2, 0) is 13.9 Å². The van der Waals surface area contributed by atoms with Gasteiger partial charge in [-0.1, -0.05) is 81.8 Å². The average molecular weight is 650 g/mol. The molecule has 244 valence electrons. The average Bonchev–Trinajstić information content (AvgIpc) is 3.04. The van der Waals surface area contributed by atoms with E-state index in [4.69, 9.17) is 4.52 Å². The van der Waals surface area contributed by atoms with E-state index >= 15 is 0 Å². The van der Waals surface area contributed by atoms with Crippen LogP contribution in [0.3, 0.4) is 0 Å². The molecule has 0 bridgehead atoms. The molecule has 7 heteroatoms. The van der Waals surface area contributed by atoms with Crippen molar-refractivity contribution in [3.8, 4) is 0 Å². The molecule has 1 fully saturated rings. The lowest BCUT2D eigenvalue weighted by Gasteiger charge is -2.44. The summed E-state index contributed by atoms with van der Waals surface area (Å²) in [6.07, 6.45) is 5.87. The fourth-order valence-electron chi connectivity index (χ4n) is 6.21. The minimum atomic E-state index is -3.05. The van der Waals surface area contributed by atoms with Crippen LogP contribution in [0.15, 0.2) is 91.0 Å². The first-order valence-corrected chi connectivity index (χ1v) is 20.2. The second-order valence-corrected chi connectivity index (χ2v) is 21.4. The normalized spacial score (nSPS) is 16.4. The first-order chi connectivity index (χ1) is 21.4. The Kier molecular flexibility index (Phi) is 12.3. The topological polar surface area (TPSA) is 49.9 Å². The Hall–Kier alpha value is -2.29. The lowest BCUT2D eigenvalue weighted by Crippen LogP contribution is -2.49. The highest BCUT2D eigenvalue weighted by molar-refractivity contribution is 7.95. The van der Waals surface area contributed by atoms with E-state index in [1.807, 2.05) is 30.3 Å². The second-order valence-electron chi connectivity index (χ2n) is 14.6. The maximum Gasteiger partial charge on any atom is 0.277 e. The highest BCUT2D eigenvalue weighted by Gasteiger charge is 2.46. The summed E-state index contributed by atoms with van der Waals surface area (Å²) in [5.41, 5.74) is -0.0629. The first-order valence-electron chi connectivity index (χ1n) is 16.7. The molecule has 1 heterocycles. The van der Waals surface area contributed by atoms with Crippen LogP contribution >= 0.6 is 14.8 Å². The molecule has 0 aromatic heterocycles. The number of rotatable bonds is 13. The van der Waals surface area contributed by atoms with Crippen LogP contribution in [0.2, 0.25) is 0 Å². The van der Waals surface area contributed by atoms with E-state index in [0.717, 1.165) is 31.8 Å². The van der Waals surface area contributed by atoms with Gasteiger partial charge < -0.3 is 9.42 Å². The summed E-state index contributed by atoms with van der Waals surface area (Å²) in [5.74, 6) is 0.218. The molecule has 1 saturated heterocycles. The minimum absolute atomic E-state index is 0.0629. The fourth-order valence-corrected chi connectivity index (χ4v) is 13.3. The van der Waals surface area contributed by atoms with Crippen molar-refractivity contribution in [2.75, 3.05) is 38.9 Å². The van der Waals surface area contributed by atoms with Crippen LogP contribution in [0.4, 0.5) is 0 Å². The number of carbonyl (C=O) groups is 1. The molecule has 0 aliphatic carbocycles. The molecule has 3 aromatic rings. The monoisotopic (exact) mass is 649 g/mol. The number of hydrogen-bond donors (Lipinski definition) is 0. The van der Waals surface area contributed by atoms with Gasteiger partial charge in [0.25, 0.3) is 7.52 Å². The molecule has 5 nitrogen and oxygen atoms in total. The van der Waals surface area contributed by atoms with Crippen LogP contribution < -0.4 is 15.9 Å². The van der Waals surface area contributed by atoms with E-state index in [1.165, 1.54) is 15.9 Å². The SMILES string of the molecule is CC(C)(C)COP(=O)(N1CCN(C(=O)CCCCCC[P+](c2ccccc2)(c2ccccc2)c2ccccc2)CC1)C(C)(C)C. The highest BCUT2D eigenvalue weighted by Crippen LogP contribution is 2.62. The van der Waals surface area contributed by atoms with Crippen molar-refractivity contribution in [2.45, 2.75) is 78.8 Å². The van der Waals surface area contributed by atoms with E-state index < -0.39 is 19.9 Å². The molecule has 3 aromatic carbocycles. The van der Waals surface area contributed by atoms with E-state index in [0.29, 0.717) is 39.2 Å². The van der Waals surface area contributed by atoms with Crippen molar-refractivity contribution in [3.05, 3.63) is 91.0 Å². The zero-order chi connectivity index (χ0) is 32.6. The smallest absolute Gasteiger partial charge is 0.277 e. The molecule has 0 saturated carbocycles. The largest absolute Gasteiger partial charge is 0.340 e. The van der Waals surface area contributed by atoms with E-state index in [-0.39, 0.29) is 11.3 Å². The first kappa shape index (κ1) is 35.6. The summed E-state index contributed by atoms with van der Waals surface area (Å²) in [7, 11) is -4.85. The molecule has 1 unspecified atom stereocenters. The van der Waals surface area contributed by atoms with Gasteiger partial charge in [0.15, 0.2) is 0 Å². The third-order valence-corrected chi connectivity index (χ3v) is 16.6. The third kappa shape index (κ3) is 8.95. The standard InChI is InChI=1S/C38H55N2O3P2/c1-37(2,3)32-43-45(42,38(4,5)6)40-29-27-39(28-30-40)36(41)26-18-7-8-19-31-44(33-20-12-9-13-21-33,34-22-14-10-15-23-34)35-24-16-11-17-25-35/h9-17,20-25H,7-8,18-19,26-32H2,1-6H3/q+1. The number of nitrogens with zero attached hydrogens (tertiary/aromatic N) is 2. The van der Waals surface area contributed by atoms with Crippen molar-refractivity contribution < 1.29 is 13.9 Å². The van der Waals surface area contributed by atoms with Gasteiger partial charge in [0.1, 0.15) is 23.2 Å². The Morgan fingerprint density at radius 3 is 1.56 bits per heavy atom. The van der Waals surface area contributed by atoms with E-state index in [9.17, 15) is 9.36 Å². The maximum absolute atomic E-state index is 14.1. The number of unbranched alkanes of at least 4 members (excludes halogenated alkanes) is 3. The molecule has 1 amide bonds. The molecule has 4 rings (SSSR count). The molecule has 1 aliphatic rings. The molecule has 1 atom stereocenters. The van der Waals surface area contributed by atoms with Crippen LogP contribution in [0.25, 0.3) is 0 Å². The number of carbonyl (C=O) groups excluding carboxylic acids is 1. The van der Waals surface area contributed by atoms with Gasteiger partial charge in [-0.3, -0.25) is 9.36 Å². The molecule has 0 N–H and O–H groups in total. The molecular weight excluding hydrogens is 594 g/mol. The maximum atomic E-state index is 14.1. The van der Waals surface area contributed by atoms with Gasteiger partial charge in [0, 0.05) is 32.6 Å². The van der Waals surface area contributed by atoms with Crippen molar-refractivity contribution in [1.29, 1.82) is 0 Å². The molecule has 0 spiro atoms. The number of hydrogen-bond acceptors (Lipinski definition) is 3. The van der Waals surface area contributed by atoms with Gasteiger partial charge >= 0.3 is 0 Å². The summed E-state index contributed by atoms with van der Waals surface area (Å²) >= 11 is 0. The number of benzene rings is 3. The van der Waals surface area contributed by atoms with Crippen molar-refractivity contribution >= 4 is 36.6 Å². The van der Waals surface area contributed by atoms with Crippen molar-refractivity contribution in [1.82, 2.24) is 9.57 Å². The van der Waals surface area contributed by atoms with E-state index in [2.05, 4.69) is 112 Å². The van der Waals surface area contributed by atoms with Gasteiger partial charge in [-0.2, -0.15) is 0 Å². The van der Waals surface area contributed by atoms with Crippen LogP contribution in [0.1, 0.15) is 73.6 Å². The van der Waals surface area contributed by atoms with Crippen LogP contribution in [-0.4, -0.2) is 59.6 Å². The quantitative estimate of drug-likeness (QED) is 0.139.